The Morgan fingerprint density at radius 2 is 1.97 bits per heavy atom. The zero-order valence-electron chi connectivity index (χ0n) is 16.5. The van der Waals surface area contributed by atoms with E-state index in [1.165, 1.54) is 12.8 Å². The van der Waals surface area contributed by atoms with Crippen LogP contribution in [0.25, 0.3) is 11.3 Å². The van der Waals surface area contributed by atoms with Crippen LogP contribution in [0.5, 0.6) is 5.75 Å². The van der Waals surface area contributed by atoms with E-state index in [9.17, 15) is 19.8 Å². The zero-order chi connectivity index (χ0) is 20.7. The second kappa shape index (κ2) is 7.55. The van der Waals surface area contributed by atoms with Crippen LogP contribution in [0.4, 0.5) is 5.69 Å². The number of nitrogens with zero attached hydrogens (tertiary/aromatic N) is 1. The second-order valence-corrected chi connectivity index (χ2v) is 8.16. The number of aromatic nitrogens is 1. The molecule has 2 aromatic rings. The summed E-state index contributed by atoms with van der Waals surface area (Å²) in [5.41, 5.74) is 7.65. The maximum atomic E-state index is 12.2. The molecule has 7 heteroatoms. The van der Waals surface area contributed by atoms with Crippen LogP contribution >= 0.6 is 0 Å². The van der Waals surface area contributed by atoms with E-state index in [0.717, 1.165) is 30.8 Å². The number of benzene rings is 1. The highest BCUT2D eigenvalue weighted by molar-refractivity contribution is 5.92. The molecule has 0 amide bonds. The van der Waals surface area contributed by atoms with E-state index in [0.29, 0.717) is 29.5 Å². The standard InChI is InChI=1S/C22H27N3O4/c1-2-15-19(24-21(27)18(20(15)26)22(28)29)12-6-8-14(9-7-12)25-10-13-4-3-5-17(23)16(13)11-25/h6-9,13,16-17H,2-5,10-11,23H2,1H3,(H,28,29)(H2,24,26,27)/t13-,16+,17+/m1/s1. The van der Waals surface area contributed by atoms with Gasteiger partial charge in [-0.25, -0.2) is 4.79 Å². The van der Waals surface area contributed by atoms with Gasteiger partial charge in [0.05, 0.1) is 5.69 Å². The Morgan fingerprint density at radius 3 is 2.59 bits per heavy atom. The lowest BCUT2D eigenvalue weighted by Crippen LogP contribution is -2.38. The summed E-state index contributed by atoms with van der Waals surface area (Å²) in [7, 11) is 0. The number of aromatic carboxylic acids is 1. The van der Waals surface area contributed by atoms with Crippen LogP contribution in [-0.4, -0.2) is 40.3 Å². The molecular formula is C22H27N3O4. The molecule has 1 aromatic carbocycles. The fourth-order valence-corrected chi connectivity index (χ4v) is 4.98. The van der Waals surface area contributed by atoms with Crippen LogP contribution in [0.3, 0.4) is 0 Å². The minimum atomic E-state index is -1.44. The third kappa shape index (κ3) is 3.40. The smallest absolute Gasteiger partial charge is 0.345 e. The number of anilines is 1. The first kappa shape index (κ1) is 19.5. The Balaban J connectivity index is 1.64. The van der Waals surface area contributed by atoms with Gasteiger partial charge >= 0.3 is 5.97 Å². The van der Waals surface area contributed by atoms with Crippen molar-refractivity contribution in [3.05, 3.63) is 45.7 Å². The molecule has 1 aliphatic heterocycles. The molecule has 5 N–H and O–H groups in total. The molecule has 1 aliphatic carbocycles. The molecule has 0 bridgehead atoms. The maximum absolute atomic E-state index is 12.2. The molecule has 0 radical (unpaired) electrons. The Hall–Kier alpha value is -2.80. The van der Waals surface area contributed by atoms with Gasteiger partial charge in [0.15, 0.2) is 5.56 Å². The molecule has 1 aromatic heterocycles. The van der Waals surface area contributed by atoms with Gasteiger partial charge in [0.1, 0.15) is 5.75 Å². The number of nitrogens with one attached hydrogen (secondary N) is 1. The first-order valence-electron chi connectivity index (χ1n) is 10.2. The van der Waals surface area contributed by atoms with E-state index in [1.807, 2.05) is 31.2 Å². The maximum Gasteiger partial charge on any atom is 0.345 e. The first-order valence-corrected chi connectivity index (χ1v) is 10.2. The fourth-order valence-electron chi connectivity index (χ4n) is 4.98. The average Bonchev–Trinajstić information content (AvgIpc) is 3.13. The molecule has 29 heavy (non-hydrogen) atoms. The van der Waals surface area contributed by atoms with E-state index in [4.69, 9.17) is 5.73 Å². The lowest BCUT2D eigenvalue weighted by Gasteiger charge is -2.29. The molecule has 7 nitrogen and oxygen atoms in total. The highest BCUT2D eigenvalue weighted by Gasteiger charge is 2.38. The summed E-state index contributed by atoms with van der Waals surface area (Å²) in [6, 6.07) is 8.12. The number of nitrogens with two attached hydrogens (primary N) is 1. The van der Waals surface area contributed by atoms with Crippen LogP contribution < -0.4 is 16.2 Å². The summed E-state index contributed by atoms with van der Waals surface area (Å²) < 4.78 is 0. The van der Waals surface area contributed by atoms with Gasteiger partial charge in [-0.3, -0.25) is 4.79 Å². The monoisotopic (exact) mass is 397 g/mol. The van der Waals surface area contributed by atoms with Gasteiger partial charge in [0.25, 0.3) is 5.56 Å². The van der Waals surface area contributed by atoms with Gasteiger partial charge in [0.2, 0.25) is 0 Å². The summed E-state index contributed by atoms with van der Waals surface area (Å²) in [6.45, 7) is 3.80. The zero-order valence-corrected chi connectivity index (χ0v) is 16.5. The Kier molecular flexibility index (Phi) is 5.08. The van der Waals surface area contributed by atoms with Crippen molar-refractivity contribution in [1.82, 2.24) is 4.98 Å². The number of aromatic amines is 1. The van der Waals surface area contributed by atoms with Gasteiger partial charge in [-0.15, -0.1) is 0 Å². The third-order valence-corrected chi connectivity index (χ3v) is 6.53. The van der Waals surface area contributed by atoms with Crippen LogP contribution in [-0.2, 0) is 6.42 Å². The summed E-state index contributed by atoms with van der Waals surface area (Å²) in [4.78, 5) is 28.5. The third-order valence-electron chi connectivity index (χ3n) is 6.53. The summed E-state index contributed by atoms with van der Waals surface area (Å²) >= 11 is 0. The average molecular weight is 397 g/mol. The molecule has 2 fully saturated rings. The lowest BCUT2D eigenvalue weighted by molar-refractivity contribution is 0.0691. The van der Waals surface area contributed by atoms with E-state index in [2.05, 4.69) is 9.88 Å². The van der Waals surface area contributed by atoms with Crippen LogP contribution in [0.15, 0.2) is 29.1 Å². The van der Waals surface area contributed by atoms with E-state index < -0.39 is 22.8 Å². The molecule has 0 unspecified atom stereocenters. The minimum absolute atomic E-state index is 0.283. The largest absolute Gasteiger partial charge is 0.506 e. The predicted molar refractivity (Wildman–Crippen MR) is 112 cm³/mol. The van der Waals surface area contributed by atoms with Gasteiger partial charge in [-0.05, 0) is 48.8 Å². The number of hydrogen-bond donors (Lipinski definition) is 4. The van der Waals surface area contributed by atoms with Crippen molar-refractivity contribution in [3.63, 3.8) is 0 Å². The number of fused-ring (bicyclic) bond motifs is 1. The number of pyridine rings is 1. The summed E-state index contributed by atoms with van der Waals surface area (Å²) in [6.07, 6.45) is 3.95. The molecule has 4 rings (SSSR count). The van der Waals surface area contributed by atoms with E-state index >= 15 is 0 Å². The lowest BCUT2D eigenvalue weighted by atomic mass is 9.78. The molecule has 1 saturated heterocycles. The number of H-pyrrole nitrogens is 1. The Bertz CT molecular complexity index is 983. The van der Waals surface area contributed by atoms with Crippen LogP contribution in [0.1, 0.15) is 42.1 Å². The fraction of sp³-hybridized carbons (Fsp3) is 0.455. The molecule has 0 spiro atoms. The SMILES string of the molecule is CCc1c(-c2ccc(N3C[C@H]4CCC[C@H](N)[C@H]4C3)cc2)[nH]c(=O)c(C(=O)O)c1O. The summed E-state index contributed by atoms with van der Waals surface area (Å²) in [5.74, 6) is -0.691. The van der Waals surface area contributed by atoms with Crippen molar-refractivity contribution < 1.29 is 15.0 Å². The Morgan fingerprint density at radius 1 is 1.24 bits per heavy atom. The molecular weight excluding hydrogens is 370 g/mol. The molecule has 2 aliphatic rings. The number of hydrogen-bond acceptors (Lipinski definition) is 5. The van der Waals surface area contributed by atoms with Crippen molar-refractivity contribution in [1.29, 1.82) is 0 Å². The summed E-state index contributed by atoms with van der Waals surface area (Å²) in [5, 5.41) is 19.5. The van der Waals surface area contributed by atoms with Gasteiger partial charge in [0, 0.05) is 30.4 Å². The quantitative estimate of drug-likeness (QED) is 0.629. The number of carboxylic acid groups (broad SMARTS) is 1. The first-order chi connectivity index (χ1) is 13.9. The highest BCUT2D eigenvalue weighted by Crippen LogP contribution is 2.38. The van der Waals surface area contributed by atoms with Crippen LogP contribution in [0.2, 0.25) is 0 Å². The number of rotatable bonds is 4. The van der Waals surface area contributed by atoms with Crippen LogP contribution in [0, 0.1) is 11.8 Å². The van der Waals surface area contributed by atoms with E-state index in [-0.39, 0.29) is 6.04 Å². The normalized spacial score (nSPS) is 23.8. The van der Waals surface area contributed by atoms with Gasteiger partial charge < -0.3 is 25.8 Å². The van der Waals surface area contributed by atoms with E-state index in [1.54, 1.807) is 0 Å². The van der Waals surface area contributed by atoms with Gasteiger partial charge in [-0.2, -0.15) is 0 Å². The van der Waals surface area contributed by atoms with Crippen molar-refractivity contribution in [2.45, 2.75) is 38.6 Å². The van der Waals surface area contributed by atoms with Crippen molar-refractivity contribution >= 4 is 11.7 Å². The van der Waals surface area contributed by atoms with Crippen molar-refractivity contribution in [2.24, 2.45) is 17.6 Å². The Labute approximate surface area is 169 Å². The number of carboxylic acids is 1. The second-order valence-electron chi connectivity index (χ2n) is 8.16. The molecule has 154 valence electrons. The highest BCUT2D eigenvalue weighted by atomic mass is 16.4. The van der Waals surface area contributed by atoms with Gasteiger partial charge in [-0.1, -0.05) is 25.5 Å². The molecule has 1 saturated carbocycles. The topological polar surface area (TPSA) is 120 Å². The molecule has 3 atom stereocenters. The minimum Gasteiger partial charge on any atom is -0.506 e. The van der Waals surface area contributed by atoms with Crippen molar-refractivity contribution in [2.75, 3.05) is 18.0 Å². The number of carbonyl (C=O) groups is 1. The van der Waals surface area contributed by atoms with Crippen molar-refractivity contribution in [3.8, 4) is 17.0 Å². The molecule has 2 heterocycles. The number of aromatic hydroxyl groups is 1. The predicted octanol–water partition coefficient (Wildman–Crippen LogP) is 2.57.